The van der Waals surface area contributed by atoms with Gasteiger partial charge >= 0.3 is 0 Å². The molecular weight excluding hydrogens is 924 g/mol. The number of hydrogen-bond acceptors (Lipinski definition) is 4. The quantitative estimate of drug-likeness (QED) is 0.164. The molecule has 0 saturated heterocycles. The van der Waals surface area contributed by atoms with Crippen molar-refractivity contribution in [1.29, 1.82) is 0 Å². The van der Waals surface area contributed by atoms with Crippen LogP contribution in [0.3, 0.4) is 0 Å². The molecule has 14 rings (SSSR count). The lowest BCUT2D eigenvalue weighted by Crippen LogP contribution is -2.62. The molecular formula is C70H65BN4O. The van der Waals surface area contributed by atoms with E-state index in [0.29, 0.717) is 0 Å². The molecule has 0 aliphatic carbocycles. The van der Waals surface area contributed by atoms with Crippen LogP contribution in [-0.2, 0) is 21.7 Å². The summed E-state index contributed by atoms with van der Waals surface area (Å²) in [7, 11) is 0. The van der Waals surface area contributed by atoms with Gasteiger partial charge in [0, 0.05) is 44.6 Å². The summed E-state index contributed by atoms with van der Waals surface area (Å²) in [4.78, 5) is 7.75. The van der Waals surface area contributed by atoms with Crippen molar-refractivity contribution in [2.24, 2.45) is 0 Å². The maximum atomic E-state index is 6.73. The van der Waals surface area contributed by atoms with Gasteiger partial charge in [-0.1, -0.05) is 168 Å². The minimum atomic E-state index is -0.151. The lowest BCUT2D eigenvalue weighted by Gasteiger charge is -2.47. The van der Waals surface area contributed by atoms with Crippen molar-refractivity contribution in [3.8, 4) is 5.69 Å². The molecule has 5 heterocycles. The summed E-state index contributed by atoms with van der Waals surface area (Å²) in [5.74, 6) is 0. The maximum Gasteiger partial charge on any atom is 0.252 e. The van der Waals surface area contributed by atoms with Gasteiger partial charge in [-0.3, -0.25) is 0 Å². The first-order valence-corrected chi connectivity index (χ1v) is 27.3. The molecule has 6 heteroatoms. The molecule has 0 unspecified atom stereocenters. The molecule has 9 aromatic carbocycles. The summed E-state index contributed by atoms with van der Waals surface area (Å²) >= 11 is 0. The average molecular weight is 989 g/mol. The van der Waals surface area contributed by atoms with E-state index in [1.54, 1.807) is 0 Å². The van der Waals surface area contributed by atoms with Gasteiger partial charge in [-0.05, 0) is 151 Å². The average Bonchev–Trinajstić information content (AvgIpc) is 3.56. The molecule has 0 atom stereocenters. The largest absolute Gasteiger partial charge is 0.456 e. The number of hydrogen-bond donors (Lipinski definition) is 0. The van der Waals surface area contributed by atoms with E-state index in [0.717, 1.165) is 50.4 Å². The molecule has 3 aliphatic rings. The summed E-state index contributed by atoms with van der Waals surface area (Å²) in [5.41, 5.74) is 24.6. The Balaban J connectivity index is 1.20. The minimum Gasteiger partial charge on any atom is -0.456 e. The highest BCUT2D eigenvalue weighted by Gasteiger charge is 2.48. The molecule has 0 N–H and O–H groups in total. The number of anilines is 9. The number of rotatable bonds is 4. The third-order valence-electron chi connectivity index (χ3n) is 16.8. The van der Waals surface area contributed by atoms with E-state index in [9.17, 15) is 0 Å². The van der Waals surface area contributed by atoms with E-state index in [2.05, 4.69) is 278 Å². The van der Waals surface area contributed by atoms with Crippen molar-refractivity contribution in [2.45, 2.75) is 105 Å². The normalized spacial score (nSPS) is 14.0. The van der Waals surface area contributed by atoms with Gasteiger partial charge in [0.15, 0.2) is 0 Å². The van der Waals surface area contributed by atoms with Crippen molar-refractivity contribution in [1.82, 2.24) is 4.57 Å². The zero-order valence-corrected chi connectivity index (χ0v) is 46.0. The Morgan fingerprint density at radius 1 is 0.382 bits per heavy atom. The van der Waals surface area contributed by atoms with E-state index in [1.165, 1.54) is 88.9 Å². The molecule has 5 nitrogen and oxygen atoms in total. The molecule has 0 bridgehead atoms. The summed E-state index contributed by atoms with van der Waals surface area (Å²) < 4.78 is 9.38. The first kappa shape index (κ1) is 46.6. The van der Waals surface area contributed by atoms with Crippen molar-refractivity contribution >= 4 is 118 Å². The van der Waals surface area contributed by atoms with Gasteiger partial charge < -0.3 is 23.7 Å². The van der Waals surface area contributed by atoms with Gasteiger partial charge in [0.05, 0.1) is 44.9 Å². The summed E-state index contributed by atoms with van der Waals surface area (Å²) in [6.07, 6.45) is 0. The van der Waals surface area contributed by atoms with Crippen molar-refractivity contribution in [2.75, 3.05) is 14.7 Å². The first-order chi connectivity index (χ1) is 36.2. The highest BCUT2D eigenvalue weighted by Crippen LogP contribution is 2.56. The second-order valence-electron chi connectivity index (χ2n) is 25.9. The second kappa shape index (κ2) is 15.8. The van der Waals surface area contributed by atoms with Gasteiger partial charge in [-0.25, -0.2) is 0 Å². The topological polar surface area (TPSA) is 27.8 Å². The first-order valence-electron chi connectivity index (χ1n) is 27.3. The van der Waals surface area contributed by atoms with E-state index in [4.69, 9.17) is 4.42 Å². The van der Waals surface area contributed by atoms with Crippen molar-refractivity contribution in [3.63, 3.8) is 0 Å². The van der Waals surface area contributed by atoms with Crippen molar-refractivity contribution < 1.29 is 4.42 Å². The van der Waals surface area contributed by atoms with Gasteiger partial charge in [0.2, 0.25) is 0 Å². The molecule has 0 amide bonds. The van der Waals surface area contributed by atoms with Gasteiger partial charge in [0.25, 0.3) is 6.71 Å². The van der Waals surface area contributed by atoms with Gasteiger partial charge in [-0.2, -0.15) is 0 Å². The number of fused-ring (bicyclic) bond motifs is 12. The van der Waals surface area contributed by atoms with Crippen LogP contribution in [0.15, 0.2) is 180 Å². The zero-order chi connectivity index (χ0) is 52.5. The molecule has 0 saturated carbocycles. The van der Waals surface area contributed by atoms with E-state index < -0.39 is 0 Å². The SMILES string of the molecule is CC(C)(C)c1ccc2c(c1)B1c3cc(C(C)(C)C)cc4c3N(c3cc(N(c5ccccc5)c5ccccc5)cc(c31)N2c1cccc2oc3ccccc3c12)c1cc(C(C)(C)C)cc2c3cc(C(C)(C)C)ccc3n-4c12. The Morgan fingerprint density at radius 3 is 1.61 bits per heavy atom. The van der Waals surface area contributed by atoms with Crippen LogP contribution in [0, 0.1) is 0 Å². The van der Waals surface area contributed by atoms with Crippen molar-refractivity contribution in [3.05, 3.63) is 198 Å². The molecule has 2 aromatic heterocycles. The van der Waals surface area contributed by atoms with Crippen LogP contribution in [0.1, 0.15) is 105 Å². The van der Waals surface area contributed by atoms with Crippen LogP contribution in [0.5, 0.6) is 0 Å². The predicted molar refractivity (Wildman–Crippen MR) is 325 cm³/mol. The Kier molecular flexibility index (Phi) is 9.68. The molecule has 0 fully saturated rings. The van der Waals surface area contributed by atoms with E-state index in [-0.39, 0.29) is 28.4 Å². The highest BCUT2D eigenvalue weighted by molar-refractivity contribution is 7.00. The summed E-state index contributed by atoms with van der Waals surface area (Å²) in [6.45, 7) is 28.2. The van der Waals surface area contributed by atoms with Crippen LogP contribution in [0.25, 0.3) is 49.4 Å². The summed E-state index contributed by atoms with van der Waals surface area (Å²) in [5, 5.41) is 4.80. The minimum absolute atomic E-state index is 0.0253. The van der Waals surface area contributed by atoms with E-state index in [1.807, 2.05) is 0 Å². The van der Waals surface area contributed by atoms with Crippen LogP contribution in [-0.4, -0.2) is 11.3 Å². The fraction of sp³-hybridized carbons (Fsp3) is 0.229. The maximum absolute atomic E-state index is 6.73. The number of nitrogens with zero attached hydrogens (tertiary/aromatic N) is 4. The van der Waals surface area contributed by atoms with Gasteiger partial charge in [-0.15, -0.1) is 0 Å². The third-order valence-corrected chi connectivity index (χ3v) is 16.8. The lowest BCUT2D eigenvalue weighted by atomic mass is 9.33. The van der Waals surface area contributed by atoms with Gasteiger partial charge in [0.1, 0.15) is 11.2 Å². The molecule has 76 heavy (non-hydrogen) atoms. The highest BCUT2D eigenvalue weighted by atomic mass is 16.3. The number of aromatic nitrogens is 1. The fourth-order valence-electron chi connectivity index (χ4n) is 12.8. The number of furan rings is 1. The lowest BCUT2D eigenvalue weighted by molar-refractivity contribution is 0.590. The number of benzene rings is 9. The number of para-hydroxylation sites is 3. The zero-order valence-electron chi connectivity index (χ0n) is 46.0. The molecule has 374 valence electrons. The molecule has 0 spiro atoms. The Bertz CT molecular complexity index is 4190. The second-order valence-corrected chi connectivity index (χ2v) is 25.9. The fourth-order valence-corrected chi connectivity index (χ4v) is 12.8. The molecule has 11 aromatic rings. The molecule has 0 radical (unpaired) electrons. The standard InChI is InChI=1S/C70H65BN4O/c1-67(2,3)42-30-32-54-50(34-42)51-35-44(69(7,8)9)38-59-65(51)74(54)60-39-45(70(10,11)12)37-53-66(60)75(59)58-41-48(72(46-22-15-13-16-23-46)47-24-17-14-18-25-47)40-57-64(58)71(53)52-36-43(68(4,5)6)31-33-55(52)73(57)56-27-21-29-62-63(56)49-26-19-20-28-61(49)76-62/h13-41H,1-12H3. The van der Waals surface area contributed by atoms with Crippen LogP contribution in [0.2, 0.25) is 0 Å². The van der Waals surface area contributed by atoms with Crippen LogP contribution < -0.4 is 31.1 Å². The Hall–Kier alpha value is -7.96. The smallest absolute Gasteiger partial charge is 0.252 e. The van der Waals surface area contributed by atoms with E-state index >= 15 is 0 Å². The van der Waals surface area contributed by atoms with Crippen LogP contribution in [0.4, 0.5) is 51.2 Å². The third kappa shape index (κ3) is 6.78. The Morgan fingerprint density at radius 2 is 0.934 bits per heavy atom. The molecule has 3 aliphatic heterocycles. The van der Waals surface area contributed by atoms with Crippen LogP contribution >= 0.6 is 0 Å². The summed E-state index contributed by atoms with van der Waals surface area (Å²) in [6, 6.07) is 66.8. The monoisotopic (exact) mass is 989 g/mol. The Labute approximate surface area is 448 Å². The predicted octanol–water partition coefficient (Wildman–Crippen LogP) is 17.7.